The molecule has 1 aliphatic rings. The molecule has 1 fully saturated rings. The van der Waals surface area contributed by atoms with E-state index in [1.807, 2.05) is 18.2 Å². The molecule has 0 heterocycles. The summed E-state index contributed by atoms with van der Waals surface area (Å²) in [6.45, 7) is 0. The lowest BCUT2D eigenvalue weighted by Crippen LogP contribution is -2.21. The molecule has 84 valence electrons. The topological polar surface area (TPSA) is 49.8 Å². The van der Waals surface area contributed by atoms with E-state index < -0.39 is 0 Å². The molecular weight excluding hydrogens is 208 g/mol. The molecule has 0 bridgehead atoms. The highest BCUT2D eigenvalue weighted by Crippen LogP contribution is 2.53. The minimum Gasteiger partial charge on any atom is -0.323 e. The summed E-state index contributed by atoms with van der Waals surface area (Å²) >= 11 is 0. The zero-order valence-corrected chi connectivity index (χ0v) is 9.56. The highest BCUT2D eigenvalue weighted by Gasteiger charge is 2.49. The third kappa shape index (κ3) is 1.60. The van der Waals surface area contributed by atoms with Crippen LogP contribution in [0.2, 0.25) is 0 Å². The molecule has 1 atom stereocenters. The first-order valence-electron chi connectivity index (χ1n) is 5.91. The van der Waals surface area contributed by atoms with Gasteiger partial charge >= 0.3 is 0 Å². The van der Waals surface area contributed by atoms with Crippen molar-refractivity contribution < 1.29 is 0 Å². The smallest absolute Gasteiger partial charge is 0.0767 e. The second-order valence-electron chi connectivity index (χ2n) is 4.85. The van der Waals surface area contributed by atoms with E-state index in [0.717, 1.165) is 18.4 Å². The summed E-state index contributed by atoms with van der Waals surface area (Å²) in [6, 6.07) is 16.7. The second-order valence-corrected chi connectivity index (χ2v) is 4.85. The van der Waals surface area contributed by atoms with Gasteiger partial charge in [-0.15, -0.1) is 0 Å². The molecule has 0 spiro atoms. The fourth-order valence-electron chi connectivity index (χ4n) is 2.35. The Kier molecular flexibility index (Phi) is 2.17. The lowest BCUT2D eigenvalue weighted by Gasteiger charge is -2.17. The Morgan fingerprint density at radius 1 is 1.12 bits per heavy atom. The standard InChI is InChI=1S/C15H14N2/c16-10-15(7-8-15)14(17)13-6-5-11-3-1-2-4-12(11)9-13/h1-6,9,14H,7-8,17H2. The van der Waals surface area contributed by atoms with Crippen molar-refractivity contribution in [2.75, 3.05) is 0 Å². The minimum atomic E-state index is -0.303. The Hall–Kier alpha value is -1.85. The summed E-state index contributed by atoms with van der Waals surface area (Å²) in [5, 5.41) is 11.6. The fraction of sp³-hybridized carbons (Fsp3) is 0.267. The highest BCUT2D eigenvalue weighted by atomic mass is 14.7. The first-order chi connectivity index (χ1) is 8.25. The second kappa shape index (κ2) is 3.58. The third-order valence-electron chi connectivity index (χ3n) is 3.74. The first kappa shape index (κ1) is 10.3. The highest BCUT2D eigenvalue weighted by molar-refractivity contribution is 5.83. The number of fused-ring (bicyclic) bond motifs is 1. The minimum absolute atomic E-state index is 0.155. The molecule has 17 heavy (non-hydrogen) atoms. The molecule has 2 aromatic carbocycles. The summed E-state index contributed by atoms with van der Waals surface area (Å²) in [6.07, 6.45) is 1.86. The van der Waals surface area contributed by atoms with E-state index in [1.54, 1.807) is 0 Å². The van der Waals surface area contributed by atoms with Crippen LogP contribution >= 0.6 is 0 Å². The Morgan fingerprint density at radius 2 is 1.82 bits per heavy atom. The van der Waals surface area contributed by atoms with Gasteiger partial charge < -0.3 is 5.73 Å². The van der Waals surface area contributed by atoms with Crippen LogP contribution in [0.4, 0.5) is 0 Å². The molecule has 1 unspecified atom stereocenters. The van der Waals surface area contributed by atoms with E-state index in [9.17, 15) is 5.26 Å². The molecule has 0 saturated heterocycles. The van der Waals surface area contributed by atoms with Gasteiger partial charge in [0, 0.05) is 6.04 Å². The van der Waals surface area contributed by atoms with Crippen LogP contribution in [0, 0.1) is 16.7 Å². The number of nitrogens with two attached hydrogens (primary N) is 1. The fourth-order valence-corrected chi connectivity index (χ4v) is 2.35. The van der Waals surface area contributed by atoms with E-state index in [1.165, 1.54) is 10.8 Å². The number of nitriles is 1. The maximum Gasteiger partial charge on any atom is 0.0767 e. The lowest BCUT2D eigenvalue weighted by atomic mass is 9.91. The van der Waals surface area contributed by atoms with Crippen LogP contribution in [-0.2, 0) is 0 Å². The number of nitrogens with zero attached hydrogens (tertiary/aromatic N) is 1. The summed E-state index contributed by atoms with van der Waals surface area (Å²) in [7, 11) is 0. The molecule has 1 aliphatic carbocycles. The van der Waals surface area contributed by atoms with Crippen LogP contribution in [-0.4, -0.2) is 0 Å². The predicted molar refractivity (Wildman–Crippen MR) is 68.2 cm³/mol. The molecule has 1 saturated carbocycles. The summed E-state index contributed by atoms with van der Waals surface area (Å²) in [4.78, 5) is 0. The van der Waals surface area contributed by atoms with Crippen molar-refractivity contribution >= 4 is 10.8 Å². The van der Waals surface area contributed by atoms with E-state index in [2.05, 4.69) is 30.3 Å². The molecule has 0 amide bonds. The van der Waals surface area contributed by atoms with Gasteiger partial charge in [-0.1, -0.05) is 36.4 Å². The molecule has 2 nitrogen and oxygen atoms in total. The van der Waals surface area contributed by atoms with E-state index in [4.69, 9.17) is 5.73 Å². The molecule has 0 radical (unpaired) electrons. The third-order valence-corrected chi connectivity index (χ3v) is 3.74. The van der Waals surface area contributed by atoms with Gasteiger partial charge in [0.1, 0.15) is 0 Å². The van der Waals surface area contributed by atoms with Crippen LogP contribution in [0.15, 0.2) is 42.5 Å². The number of rotatable bonds is 2. The van der Waals surface area contributed by atoms with Crippen molar-refractivity contribution in [3.05, 3.63) is 48.0 Å². The van der Waals surface area contributed by atoms with Gasteiger partial charge in [0.15, 0.2) is 0 Å². The van der Waals surface area contributed by atoms with Gasteiger partial charge in [0.25, 0.3) is 0 Å². The Labute approximate surface area is 101 Å². The van der Waals surface area contributed by atoms with Gasteiger partial charge in [0.2, 0.25) is 0 Å². The van der Waals surface area contributed by atoms with Crippen molar-refractivity contribution in [2.24, 2.45) is 11.1 Å². The molecule has 2 heteroatoms. The zero-order valence-electron chi connectivity index (χ0n) is 9.56. The number of hydrogen-bond donors (Lipinski definition) is 1. The molecule has 2 N–H and O–H groups in total. The maximum atomic E-state index is 9.17. The van der Waals surface area contributed by atoms with Crippen LogP contribution < -0.4 is 5.73 Å². The zero-order chi connectivity index (χ0) is 11.9. The SMILES string of the molecule is N#CC1(C(N)c2ccc3ccccc3c2)CC1. The molecule has 2 aromatic rings. The van der Waals surface area contributed by atoms with Gasteiger partial charge in [-0.05, 0) is 35.2 Å². The van der Waals surface area contributed by atoms with Gasteiger partial charge in [-0.3, -0.25) is 0 Å². The Bertz CT molecular complexity index is 606. The molecule has 3 rings (SSSR count). The Morgan fingerprint density at radius 3 is 2.47 bits per heavy atom. The predicted octanol–water partition coefficient (Wildman–Crippen LogP) is 3.14. The van der Waals surface area contributed by atoms with Crippen molar-refractivity contribution in [1.82, 2.24) is 0 Å². The average Bonchev–Trinajstić information content (AvgIpc) is 3.18. The number of hydrogen-bond acceptors (Lipinski definition) is 2. The van der Waals surface area contributed by atoms with E-state index in [-0.39, 0.29) is 11.5 Å². The van der Waals surface area contributed by atoms with Crippen molar-refractivity contribution in [2.45, 2.75) is 18.9 Å². The van der Waals surface area contributed by atoms with Crippen LogP contribution in [0.5, 0.6) is 0 Å². The average molecular weight is 222 g/mol. The van der Waals surface area contributed by atoms with Crippen LogP contribution in [0.1, 0.15) is 24.4 Å². The van der Waals surface area contributed by atoms with Gasteiger partial charge in [-0.25, -0.2) is 0 Å². The van der Waals surface area contributed by atoms with Crippen molar-refractivity contribution in [3.63, 3.8) is 0 Å². The van der Waals surface area contributed by atoms with Gasteiger partial charge in [-0.2, -0.15) is 5.26 Å². The largest absolute Gasteiger partial charge is 0.323 e. The quantitative estimate of drug-likeness (QED) is 0.848. The summed E-state index contributed by atoms with van der Waals surface area (Å²) in [5.41, 5.74) is 6.98. The molecule has 0 aliphatic heterocycles. The van der Waals surface area contributed by atoms with Crippen LogP contribution in [0.3, 0.4) is 0 Å². The first-order valence-corrected chi connectivity index (χ1v) is 5.91. The van der Waals surface area contributed by atoms with Gasteiger partial charge in [0.05, 0.1) is 11.5 Å². The van der Waals surface area contributed by atoms with E-state index >= 15 is 0 Å². The summed E-state index contributed by atoms with van der Waals surface area (Å²) in [5.74, 6) is 0. The van der Waals surface area contributed by atoms with Crippen molar-refractivity contribution in [1.29, 1.82) is 5.26 Å². The number of benzene rings is 2. The normalized spacial score (nSPS) is 18.6. The maximum absolute atomic E-state index is 9.17. The molecular formula is C15H14N2. The Balaban J connectivity index is 2.04. The monoisotopic (exact) mass is 222 g/mol. The lowest BCUT2D eigenvalue weighted by molar-refractivity contribution is 0.520. The summed E-state index contributed by atoms with van der Waals surface area (Å²) < 4.78 is 0. The van der Waals surface area contributed by atoms with Crippen LogP contribution in [0.25, 0.3) is 10.8 Å². The van der Waals surface area contributed by atoms with Crippen molar-refractivity contribution in [3.8, 4) is 6.07 Å². The van der Waals surface area contributed by atoms with E-state index in [0.29, 0.717) is 0 Å². The molecule has 0 aromatic heterocycles.